The number of carbonyl (C=O) groups is 1. The molecule has 1 aliphatic heterocycles. The Morgan fingerprint density at radius 1 is 1.62 bits per heavy atom. The predicted molar refractivity (Wildman–Crippen MR) is 31.2 cm³/mol. The molecule has 0 atom stereocenters. The van der Waals surface area contributed by atoms with Gasteiger partial charge in [0.15, 0.2) is 0 Å². The van der Waals surface area contributed by atoms with Gasteiger partial charge in [-0.1, -0.05) is 13.8 Å². The molecule has 0 fully saturated rings. The van der Waals surface area contributed by atoms with Crippen LogP contribution < -0.4 is 0 Å². The molecule has 1 heterocycles. The Labute approximate surface area is 49.1 Å². The molecule has 0 saturated carbocycles. The SMILES string of the molecule is CC.O=C1CC=CO1. The Morgan fingerprint density at radius 2 is 2.25 bits per heavy atom. The number of hydrogen-bond acceptors (Lipinski definition) is 2. The van der Waals surface area contributed by atoms with Crippen LogP contribution in [0.2, 0.25) is 0 Å². The van der Waals surface area contributed by atoms with Gasteiger partial charge in [-0.05, 0) is 6.08 Å². The van der Waals surface area contributed by atoms with Crippen LogP contribution in [0.15, 0.2) is 12.3 Å². The summed E-state index contributed by atoms with van der Waals surface area (Å²) in [6.45, 7) is 4.00. The highest BCUT2D eigenvalue weighted by Crippen LogP contribution is 1.96. The summed E-state index contributed by atoms with van der Waals surface area (Å²) >= 11 is 0. The maximum atomic E-state index is 9.96. The summed E-state index contributed by atoms with van der Waals surface area (Å²) in [5.41, 5.74) is 0. The average molecular weight is 114 g/mol. The number of esters is 1. The molecular formula is C6H10O2. The molecule has 0 aromatic heterocycles. The fraction of sp³-hybridized carbons (Fsp3) is 0.500. The van der Waals surface area contributed by atoms with E-state index in [2.05, 4.69) is 4.74 Å². The smallest absolute Gasteiger partial charge is 0.314 e. The van der Waals surface area contributed by atoms with E-state index in [0.717, 1.165) is 0 Å². The number of carbonyl (C=O) groups excluding carboxylic acids is 1. The van der Waals surface area contributed by atoms with Gasteiger partial charge in [0.25, 0.3) is 0 Å². The second-order valence-electron chi connectivity index (χ2n) is 1.07. The molecule has 0 saturated heterocycles. The van der Waals surface area contributed by atoms with Gasteiger partial charge in [0, 0.05) is 0 Å². The quantitative estimate of drug-likeness (QED) is 0.446. The van der Waals surface area contributed by atoms with Gasteiger partial charge in [0.05, 0.1) is 12.7 Å². The molecule has 0 N–H and O–H groups in total. The Balaban J connectivity index is 0.000000222. The minimum atomic E-state index is -0.157. The molecule has 0 radical (unpaired) electrons. The molecule has 46 valence electrons. The first-order valence-corrected chi connectivity index (χ1v) is 2.74. The lowest BCUT2D eigenvalue weighted by atomic mass is 10.5. The summed E-state index contributed by atoms with van der Waals surface area (Å²) < 4.78 is 4.33. The Kier molecular flexibility index (Phi) is 3.94. The molecule has 8 heavy (non-hydrogen) atoms. The normalized spacial score (nSPS) is 14.5. The van der Waals surface area contributed by atoms with Gasteiger partial charge in [-0.25, -0.2) is 0 Å². The van der Waals surface area contributed by atoms with Crippen molar-refractivity contribution in [3.8, 4) is 0 Å². The minimum Gasteiger partial charge on any atom is -0.435 e. The molecule has 2 heteroatoms. The van der Waals surface area contributed by atoms with Crippen molar-refractivity contribution >= 4 is 5.97 Å². The van der Waals surface area contributed by atoms with Crippen LogP contribution in [0.4, 0.5) is 0 Å². The van der Waals surface area contributed by atoms with E-state index < -0.39 is 0 Å². The van der Waals surface area contributed by atoms with Gasteiger partial charge < -0.3 is 4.74 Å². The van der Waals surface area contributed by atoms with Crippen LogP contribution in [0.1, 0.15) is 20.3 Å². The fourth-order valence-corrected chi connectivity index (χ4v) is 0.316. The number of rotatable bonds is 0. The summed E-state index contributed by atoms with van der Waals surface area (Å²) in [6, 6.07) is 0. The highest BCUT2D eigenvalue weighted by atomic mass is 16.5. The van der Waals surface area contributed by atoms with Crippen LogP contribution in [0.5, 0.6) is 0 Å². The van der Waals surface area contributed by atoms with E-state index >= 15 is 0 Å². The predicted octanol–water partition coefficient (Wildman–Crippen LogP) is 1.47. The molecule has 0 spiro atoms. The van der Waals surface area contributed by atoms with Crippen LogP contribution in [-0.4, -0.2) is 5.97 Å². The number of hydrogen-bond donors (Lipinski definition) is 0. The molecule has 2 nitrogen and oxygen atoms in total. The average Bonchev–Trinajstić information content (AvgIpc) is 2.24. The van der Waals surface area contributed by atoms with Crippen molar-refractivity contribution in [2.24, 2.45) is 0 Å². The largest absolute Gasteiger partial charge is 0.435 e. The van der Waals surface area contributed by atoms with Gasteiger partial charge in [-0.15, -0.1) is 0 Å². The lowest BCUT2D eigenvalue weighted by Crippen LogP contribution is -1.87. The minimum absolute atomic E-state index is 0.157. The lowest BCUT2D eigenvalue weighted by Gasteiger charge is -1.78. The highest BCUT2D eigenvalue weighted by molar-refractivity contribution is 5.73. The molecule has 0 aromatic rings. The van der Waals surface area contributed by atoms with E-state index in [1.54, 1.807) is 6.08 Å². The van der Waals surface area contributed by atoms with Crippen molar-refractivity contribution in [2.45, 2.75) is 20.3 Å². The first-order valence-electron chi connectivity index (χ1n) is 2.74. The van der Waals surface area contributed by atoms with Crippen molar-refractivity contribution in [2.75, 3.05) is 0 Å². The maximum absolute atomic E-state index is 9.96. The zero-order valence-corrected chi connectivity index (χ0v) is 5.18. The third-order valence-electron chi connectivity index (χ3n) is 0.580. The third-order valence-corrected chi connectivity index (χ3v) is 0.580. The van der Waals surface area contributed by atoms with Crippen LogP contribution in [0.25, 0.3) is 0 Å². The third kappa shape index (κ3) is 2.39. The maximum Gasteiger partial charge on any atom is 0.314 e. The number of ether oxygens (including phenoxy) is 1. The van der Waals surface area contributed by atoms with Crippen LogP contribution in [-0.2, 0) is 9.53 Å². The van der Waals surface area contributed by atoms with E-state index in [4.69, 9.17) is 0 Å². The summed E-state index contributed by atoms with van der Waals surface area (Å²) in [5.74, 6) is -0.157. The van der Waals surface area contributed by atoms with E-state index in [1.807, 2.05) is 13.8 Å². The van der Waals surface area contributed by atoms with Crippen molar-refractivity contribution in [3.05, 3.63) is 12.3 Å². The summed E-state index contributed by atoms with van der Waals surface area (Å²) in [5, 5.41) is 0. The second-order valence-corrected chi connectivity index (χ2v) is 1.07. The highest BCUT2D eigenvalue weighted by Gasteiger charge is 2.00. The zero-order valence-electron chi connectivity index (χ0n) is 5.18. The first-order chi connectivity index (χ1) is 3.89. The molecule has 1 aliphatic rings. The molecule has 0 aromatic carbocycles. The van der Waals surface area contributed by atoms with Gasteiger partial charge >= 0.3 is 5.97 Å². The summed E-state index contributed by atoms with van der Waals surface area (Å²) in [4.78, 5) is 9.96. The molecule has 0 bridgehead atoms. The molecular weight excluding hydrogens is 104 g/mol. The van der Waals surface area contributed by atoms with E-state index in [1.165, 1.54) is 6.26 Å². The molecule has 1 rings (SSSR count). The van der Waals surface area contributed by atoms with Crippen LogP contribution >= 0.6 is 0 Å². The topological polar surface area (TPSA) is 26.3 Å². The lowest BCUT2D eigenvalue weighted by molar-refractivity contribution is -0.135. The van der Waals surface area contributed by atoms with E-state index in [0.29, 0.717) is 6.42 Å². The van der Waals surface area contributed by atoms with Crippen molar-refractivity contribution in [3.63, 3.8) is 0 Å². The molecule has 0 amide bonds. The monoisotopic (exact) mass is 114 g/mol. The van der Waals surface area contributed by atoms with Gasteiger partial charge in [-0.3, -0.25) is 4.79 Å². The Bertz CT molecular complexity index is 84.7. The molecule has 0 aliphatic carbocycles. The summed E-state index contributed by atoms with van der Waals surface area (Å²) in [7, 11) is 0. The fourth-order valence-electron chi connectivity index (χ4n) is 0.316. The van der Waals surface area contributed by atoms with E-state index in [-0.39, 0.29) is 5.97 Å². The van der Waals surface area contributed by atoms with Crippen LogP contribution in [0.3, 0.4) is 0 Å². The first kappa shape index (κ1) is 7.21. The standard InChI is InChI=1S/C4H4O2.C2H6/c5-4-2-1-3-6-4;1-2/h1,3H,2H2;1-2H3. The second kappa shape index (κ2) is 4.37. The zero-order chi connectivity index (χ0) is 6.41. The van der Waals surface area contributed by atoms with Crippen molar-refractivity contribution in [1.29, 1.82) is 0 Å². The van der Waals surface area contributed by atoms with Gasteiger partial charge in [0.2, 0.25) is 0 Å². The van der Waals surface area contributed by atoms with Gasteiger partial charge in [0.1, 0.15) is 0 Å². The van der Waals surface area contributed by atoms with E-state index in [9.17, 15) is 4.79 Å². The molecule has 0 unspecified atom stereocenters. The van der Waals surface area contributed by atoms with Crippen molar-refractivity contribution < 1.29 is 9.53 Å². The Morgan fingerprint density at radius 3 is 2.38 bits per heavy atom. The van der Waals surface area contributed by atoms with Crippen LogP contribution in [0, 0.1) is 0 Å². The number of cyclic esters (lactones) is 1. The van der Waals surface area contributed by atoms with Gasteiger partial charge in [-0.2, -0.15) is 0 Å². The van der Waals surface area contributed by atoms with Crippen molar-refractivity contribution in [1.82, 2.24) is 0 Å². The Hall–Kier alpha value is -0.790. The summed E-state index contributed by atoms with van der Waals surface area (Å²) in [6.07, 6.45) is 3.53.